The average molecular weight is 301 g/mol. The highest BCUT2D eigenvalue weighted by atomic mass is 16.2. The Balaban J connectivity index is 1.69. The third kappa shape index (κ3) is 1.63. The Morgan fingerprint density at radius 3 is 2.83 bits per heavy atom. The summed E-state index contributed by atoms with van der Waals surface area (Å²) in [6.45, 7) is 2.00. The molecule has 1 aromatic carbocycles. The van der Waals surface area contributed by atoms with Crippen molar-refractivity contribution in [1.29, 1.82) is 0 Å². The van der Waals surface area contributed by atoms with Gasteiger partial charge in [0.25, 0.3) is 0 Å². The van der Waals surface area contributed by atoms with Crippen molar-refractivity contribution in [3.63, 3.8) is 0 Å². The lowest BCUT2D eigenvalue weighted by atomic mass is 9.79. The third-order valence-corrected chi connectivity index (χ3v) is 5.12. The molecule has 1 amide bonds. The van der Waals surface area contributed by atoms with Gasteiger partial charge in [0.2, 0.25) is 5.91 Å². The van der Waals surface area contributed by atoms with E-state index in [2.05, 4.69) is 33.5 Å². The Labute approximate surface area is 133 Å². The third-order valence-electron chi connectivity index (χ3n) is 5.12. The second-order valence-corrected chi connectivity index (χ2v) is 6.56. The van der Waals surface area contributed by atoms with E-state index in [4.69, 9.17) is 0 Å². The largest absolute Gasteiger partial charge is 0.310 e. The molecular formula is C19H15N3O. The summed E-state index contributed by atoms with van der Waals surface area (Å²) >= 11 is 0. The predicted octanol–water partition coefficient (Wildman–Crippen LogP) is 2.93. The molecule has 1 spiro atoms. The van der Waals surface area contributed by atoms with Gasteiger partial charge in [-0.3, -0.25) is 9.78 Å². The zero-order valence-corrected chi connectivity index (χ0v) is 12.8. The predicted molar refractivity (Wildman–Crippen MR) is 88.4 cm³/mol. The summed E-state index contributed by atoms with van der Waals surface area (Å²) in [6, 6.07) is 12.4. The van der Waals surface area contributed by atoms with Crippen LogP contribution in [0.3, 0.4) is 0 Å². The lowest BCUT2D eigenvalue weighted by Crippen LogP contribution is -2.35. The van der Waals surface area contributed by atoms with E-state index in [1.54, 1.807) is 6.20 Å². The Morgan fingerprint density at radius 2 is 1.96 bits per heavy atom. The maximum atomic E-state index is 12.7. The lowest BCUT2D eigenvalue weighted by Gasteiger charge is -2.20. The van der Waals surface area contributed by atoms with Gasteiger partial charge in [0.05, 0.1) is 10.9 Å². The molecule has 0 saturated heterocycles. The molecule has 5 rings (SSSR count). The second-order valence-electron chi connectivity index (χ2n) is 6.56. The summed E-state index contributed by atoms with van der Waals surface area (Å²) in [5.41, 5.74) is 5.01. The van der Waals surface area contributed by atoms with Crippen LogP contribution in [0.4, 0.5) is 5.82 Å². The monoisotopic (exact) mass is 301 g/mol. The van der Waals surface area contributed by atoms with E-state index in [9.17, 15) is 4.79 Å². The van der Waals surface area contributed by atoms with Crippen molar-refractivity contribution < 1.29 is 4.79 Å². The van der Waals surface area contributed by atoms with Gasteiger partial charge in [-0.25, -0.2) is 4.98 Å². The first-order valence-corrected chi connectivity index (χ1v) is 7.82. The van der Waals surface area contributed by atoms with E-state index < -0.39 is 5.41 Å². The van der Waals surface area contributed by atoms with Gasteiger partial charge in [0.1, 0.15) is 5.82 Å². The van der Waals surface area contributed by atoms with Crippen LogP contribution in [-0.2, 0) is 23.1 Å². The molecule has 2 aliphatic rings. The molecule has 23 heavy (non-hydrogen) atoms. The first kappa shape index (κ1) is 12.8. The smallest absolute Gasteiger partial charge is 0.237 e. The number of carbonyl (C=O) groups is 1. The van der Waals surface area contributed by atoms with Crippen molar-refractivity contribution in [3.8, 4) is 0 Å². The SMILES string of the molecule is Cc1ccc2cc3c(cc2n1)CC1(C3)C(=O)Nc2ncccc21. The van der Waals surface area contributed by atoms with Crippen molar-refractivity contribution in [2.45, 2.75) is 25.2 Å². The maximum Gasteiger partial charge on any atom is 0.237 e. The number of nitrogens with one attached hydrogen (secondary N) is 1. The maximum absolute atomic E-state index is 12.7. The van der Waals surface area contributed by atoms with Gasteiger partial charge in [0, 0.05) is 22.8 Å². The number of hydrogen-bond donors (Lipinski definition) is 1. The molecule has 1 unspecified atom stereocenters. The van der Waals surface area contributed by atoms with Gasteiger partial charge in [-0.1, -0.05) is 12.1 Å². The fourth-order valence-electron chi connectivity index (χ4n) is 4.00. The molecule has 1 aliphatic heterocycles. The molecule has 2 aromatic heterocycles. The van der Waals surface area contributed by atoms with Crippen LogP contribution < -0.4 is 5.32 Å². The molecule has 0 fully saturated rings. The molecule has 1 atom stereocenters. The minimum Gasteiger partial charge on any atom is -0.310 e. The van der Waals surface area contributed by atoms with Gasteiger partial charge in [-0.2, -0.15) is 0 Å². The lowest BCUT2D eigenvalue weighted by molar-refractivity contribution is -0.120. The number of hydrogen-bond acceptors (Lipinski definition) is 3. The van der Waals surface area contributed by atoms with Crippen molar-refractivity contribution >= 4 is 22.6 Å². The normalized spacial score (nSPS) is 21.5. The van der Waals surface area contributed by atoms with Crippen LogP contribution in [-0.4, -0.2) is 15.9 Å². The van der Waals surface area contributed by atoms with Crippen LogP contribution in [0.15, 0.2) is 42.6 Å². The summed E-state index contributed by atoms with van der Waals surface area (Å²) in [5, 5.41) is 4.09. The van der Waals surface area contributed by atoms with Crippen LogP contribution in [0, 0.1) is 6.92 Å². The first-order valence-electron chi connectivity index (χ1n) is 7.82. The minimum absolute atomic E-state index is 0.0654. The molecule has 4 heteroatoms. The molecule has 3 heterocycles. The number of nitrogens with zero attached hydrogens (tertiary/aromatic N) is 2. The fourth-order valence-corrected chi connectivity index (χ4v) is 4.00. The van der Waals surface area contributed by atoms with E-state index >= 15 is 0 Å². The number of amides is 1. The molecule has 0 saturated carbocycles. The molecule has 112 valence electrons. The average Bonchev–Trinajstić information content (AvgIpc) is 3.04. The summed E-state index contributed by atoms with van der Waals surface area (Å²) in [5.74, 6) is 0.777. The Hall–Kier alpha value is -2.75. The molecule has 1 N–H and O–H groups in total. The quantitative estimate of drug-likeness (QED) is 0.694. The van der Waals surface area contributed by atoms with E-state index in [1.165, 1.54) is 11.1 Å². The van der Waals surface area contributed by atoms with Crippen molar-refractivity contribution in [1.82, 2.24) is 9.97 Å². The number of fused-ring (bicyclic) bond motifs is 4. The number of anilines is 1. The zero-order chi connectivity index (χ0) is 15.6. The van der Waals surface area contributed by atoms with E-state index in [1.807, 2.05) is 25.1 Å². The molecule has 4 nitrogen and oxygen atoms in total. The molecule has 3 aromatic rings. The number of benzene rings is 1. The Morgan fingerprint density at radius 1 is 1.13 bits per heavy atom. The van der Waals surface area contributed by atoms with Gasteiger partial charge < -0.3 is 5.32 Å². The van der Waals surface area contributed by atoms with Crippen LogP contribution in [0.5, 0.6) is 0 Å². The van der Waals surface area contributed by atoms with Gasteiger partial charge >= 0.3 is 0 Å². The Kier molecular flexibility index (Phi) is 2.31. The standard InChI is InChI=1S/C19H15N3O/c1-11-4-5-12-7-13-9-19(10-14(13)8-16(12)21-11)15-3-2-6-20-17(15)22-18(19)23/h2-8H,9-10H2,1H3,(H,20,22,23). The molecule has 0 bridgehead atoms. The van der Waals surface area contributed by atoms with Crippen molar-refractivity contribution in [2.75, 3.05) is 5.32 Å². The van der Waals surface area contributed by atoms with Crippen molar-refractivity contribution in [3.05, 3.63) is 65.0 Å². The number of aryl methyl sites for hydroxylation is 1. The number of aromatic nitrogens is 2. The van der Waals surface area contributed by atoms with E-state index in [-0.39, 0.29) is 5.91 Å². The molecule has 1 aliphatic carbocycles. The molecular weight excluding hydrogens is 286 g/mol. The highest BCUT2D eigenvalue weighted by molar-refractivity contribution is 6.06. The molecule has 0 radical (unpaired) electrons. The number of rotatable bonds is 0. The summed E-state index contributed by atoms with van der Waals surface area (Å²) in [4.78, 5) is 21.6. The van der Waals surface area contributed by atoms with Crippen LogP contribution in [0.2, 0.25) is 0 Å². The summed E-state index contributed by atoms with van der Waals surface area (Å²) in [6.07, 6.45) is 3.18. The van der Waals surface area contributed by atoms with Gasteiger partial charge in [-0.05, 0) is 55.2 Å². The second kappa shape index (κ2) is 4.16. The summed E-state index contributed by atoms with van der Waals surface area (Å²) in [7, 11) is 0. The number of carbonyl (C=O) groups excluding carboxylic acids is 1. The van der Waals surface area contributed by atoms with Crippen molar-refractivity contribution in [2.24, 2.45) is 0 Å². The van der Waals surface area contributed by atoms with Gasteiger partial charge in [0.15, 0.2) is 0 Å². The van der Waals surface area contributed by atoms with E-state index in [0.29, 0.717) is 5.82 Å². The van der Waals surface area contributed by atoms with Crippen LogP contribution in [0.25, 0.3) is 10.9 Å². The summed E-state index contributed by atoms with van der Waals surface area (Å²) < 4.78 is 0. The minimum atomic E-state index is -0.502. The highest BCUT2D eigenvalue weighted by Gasteiger charge is 2.51. The van der Waals surface area contributed by atoms with Crippen LogP contribution in [0.1, 0.15) is 22.4 Å². The fraction of sp³-hybridized carbons (Fsp3) is 0.211. The highest BCUT2D eigenvalue weighted by Crippen LogP contribution is 2.47. The van der Waals surface area contributed by atoms with Gasteiger partial charge in [-0.15, -0.1) is 0 Å². The number of pyridine rings is 2. The van der Waals surface area contributed by atoms with Crippen LogP contribution >= 0.6 is 0 Å². The Bertz CT molecular complexity index is 995. The van der Waals surface area contributed by atoms with E-state index in [0.717, 1.165) is 35.0 Å². The first-order chi connectivity index (χ1) is 11.2. The zero-order valence-electron chi connectivity index (χ0n) is 12.8. The topological polar surface area (TPSA) is 54.9 Å².